The van der Waals surface area contributed by atoms with Gasteiger partial charge in [-0.25, -0.2) is 13.1 Å². The molecule has 0 bridgehead atoms. The highest BCUT2D eigenvalue weighted by Gasteiger charge is 2.16. The molecule has 0 saturated heterocycles. The van der Waals surface area contributed by atoms with Crippen molar-refractivity contribution in [1.29, 1.82) is 0 Å². The molecule has 0 aromatic heterocycles. The number of nitrogen functional groups attached to an aromatic ring is 1. The quantitative estimate of drug-likeness (QED) is 0.828. The van der Waals surface area contributed by atoms with Gasteiger partial charge in [-0.1, -0.05) is 36.4 Å². The summed E-state index contributed by atoms with van der Waals surface area (Å²) in [5, 5.41) is 0. The van der Waals surface area contributed by atoms with Crippen LogP contribution in [-0.4, -0.2) is 15.0 Å². The highest BCUT2D eigenvalue weighted by Crippen LogP contribution is 2.20. The van der Waals surface area contributed by atoms with Gasteiger partial charge in [-0.3, -0.25) is 0 Å². The molecule has 2 rings (SSSR count). The SMILES string of the molecule is Cc1c(N)cccc1S(=O)(=O)NCCc1ccccc1. The van der Waals surface area contributed by atoms with Crippen LogP contribution in [0.5, 0.6) is 0 Å². The Morgan fingerprint density at radius 3 is 2.45 bits per heavy atom. The van der Waals surface area contributed by atoms with Gasteiger partial charge in [-0.05, 0) is 36.6 Å². The van der Waals surface area contributed by atoms with Gasteiger partial charge in [0.2, 0.25) is 10.0 Å². The molecule has 0 aliphatic rings. The average molecular weight is 290 g/mol. The van der Waals surface area contributed by atoms with Crippen molar-refractivity contribution in [2.24, 2.45) is 0 Å². The second-order valence-electron chi connectivity index (χ2n) is 4.60. The monoisotopic (exact) mass is 290 g/mol. The molecule has 0 heterocycles. The summed E-state index contributed by atoms with van der Waals surface area (Å²) in [5.41, 5.74) is 7.91. The molecule has 106 valence electrons. The fraction of sp³-hybridized carbons (Fsp3) is 0.200. The summed E-state index contributed by atoms with van der Waals surface area (Å²) in [7, 11) is -3.51. The summed E-state index contributed by atoms with van der Waals surface area (Å²) in [6.45, 7) is 2.07. The zero-order chi connectivity index (χ0) is 14.6. The lowest BCUT2D eigenvalue weighted by molar-refractivity contribution is 0.581. The number of anilines is 1. The van der Waals surface area contributed by atoms with Crippen molar-refractivity contribution >= 4 is 15.7 Å². The maximum absolute atomic E-state index is 12.2. The molecule has 0 unspecified atom stereocenters. The normalized spacial score (nSPS) is 11.4. The number of nitrogens with one attached hydrogen (secondary N) is 1. The summed E-state index contributed by atoms with van der Waals surface area (Å²) in [6, 6.07) is 14.7. The van der Waals surface area contributed by atoms with Crippen molar-refractivity contribution < 1.29 is 8.42 Å². The maximum Gasteiger partial charge on any atom is 0.240 e. The van der Waals surface area contributed by atoms with Crippen LogP contribution in [0.25, 0.3) is 0 Å². The van der Waals surface area contributed by atoms with Crippen LogP contribution in [0.1, 0.15) is 11.1 Å². The summed E-state index contributed by atoms with van der Waals surface area (Å²) in [5.74, 6) is 0. The summed E-state index contributed by atoms with van der Waals surface area (Å²) in [6.07, 6.45) is 0.654. The zero-order valence-electron chi connectivity index (χ0n) is 11.3. The molecule has 0 fully saturated rings. The third kappa shape index (κ3) is 3.37. The van der Waals surface area contributed by atoms with E-state index >= 15 is 0 Å². The standard InChI is InChI=1S/C15H18N2O2S/c1-12-14(16)8-5-9-15(12)20(18,19)17-11-10-13-6-3-2-4-7-13/h2-9,17H,10-11,16H2,1H3. The van der Waals surface area contributed by atoms with E-state index in [1.54, 1.807) is 25.1 Å². The summed E-state index contributed by atoms with van der Waals surface area (Å²) < 4.78 is 27.1. The van der Waals surface area contributed by atoms with Crippen LogP contribution in [0, 0.1) is 6.92 Å². The van der Waals surface area contributed by atoms with E-state index < -0.39 is 10.0 Å². The van der Waals surface area contributed by atoms with Crippen LogP contribution in [0.2, 0.25) is 0 Å². The van der Waals surface area contributed by atoms with Crippen molar-refractivity contribution in [3.63, 3.8) is 0 Å². The first-order valence-corrected chi connectivity index (χ1v) is 7.88. The van der Waals surface area contributed by atoms with Crippen LogP contribution < -0.4 is 10.5 Å². The van der Waals surface area contributed by atoms with Crippen LogP contribution in [-0.2, 0) is 16.4 Å². The molecule has 2 aromatic carbocycles. The Morgan fingerprint density at radius 2 is 1.75 bits per heavy atom. The topological polar surface area (TPSA) is 72.2 Å². The molecule has 0 aliphatic heterocycles. The van der Waals surface area contributed by atoms with Gasteiger partial charge in [0.15, 0.2) is 0 Å². The zero-order valence-corrected chi connectivity index (χ0v) is 12.2. The van der Waals surface area contributed by atoms with E-state index in [0.29, 0.717) is 24.2 Å². The molecule has 0 saturated carbocycles. The number of sulfonamides is 1. The van der Waals surface area contributed by atoms with E-state index in [0.717, 1.165) is 5.56 Å². The van der Waals surface area contributed by atoms with Gasteiger partial charge in [-0.2, -0.15) is 0 Å². The van der Waals surface area contributed by atoms with Crippen molar-refractivity contribution in [1.82, 2.24) is 4.72 Å². The highest BCUT2D eigenvalue weighted by atomic mass is 32.2. The Kier molecular flexibility index (Phi) is 4.42. The molecule has 20 heavy (non-hydrogen) atoms. The third-order valence-corrected chi connectivity index (χ3v) is 4.77. The maximum atomic E-state index is 12.2. The molecule has 0 spiro atoms. The fourth-order valence-electron chi connectivity index (χ4n) is 1.97. The second-order valence-corrected chi connectivity index (χ2v) is 6.34. The Morgan fingerprint density at radius 1 is 1.05 bits per heavy atom. The molecule has 5 heteroatoms. The van der Waals surface area contributed by atoms with E-state index in [1.165, 1.54) is 0 Å². The number of hydrogen-bond acceptors (Lipinski definition) is 3. The van der Waals surface area contributed by atoms with Crippen molar-refractivity contribution in [2.75, 3.05) is 12.3 Å². The minimum atomic E-state index is -3.51. The first-order chi connectivity index (χ1) is 9.50. The molecule has 2 aromatic rings. The molecular weight excluding hydrogens is 272 g/mol. The minimum Gasteiger partial charge on any atom is -0.398 e. The molecule has 0 radical (unpaired) electrons. The van der Waals surface area contributed by atoms with Gasteiger partial charge < -0.3 is 5.73 Å². The average Bonchev–Trinajstić information content (AvgIpc) is 2.42. The summed E-state index contributed by atoms with van der Waals surface area (Å²) >= 11 is 0. The second kappa shape index (κ2) is 6.07. The van der Waals surface area contributed by atoms with Gasteiger partial charge in [0, 0.05) is 12.2 Å². The van der Waals surface area contributed by atoms with Gasteiger partial charge in [-0.15, -0.1) is 0 Å². The van der Waals surface area contributed by atoms with E-state index in [4.69, 9.17) is 5.73 Å². The van der Waals surface area contributed by atoms with Crippen LogP contribution in [0.15, 0.2) is 53.4 Å². The lowest BCUT2D eigenvalue weighted by Gasteiger charge is -2.10. The molecule has 4 nitrogen and oxygen atoms in total. The Labute approximate surface area is 119 Å². The Bertz CT molecular complexity index is 682. The molecule has 0 atom stereocenters. The van der Waals surface area contributed by atoms with Gasteiger partial charge in [0.05, 0.1) is 4.90 Å². The first-order valence-electron chi connectivity index (χ1n) is 6.39. The molecular formula is C15H18N2O2S. The summed E-state index contributed by atoms with van der Waals surface area (Å²) in [4.78, 5) is 0.241. The van der Waals surface area contributed by atoms with E-state index in [9.17, 15) is 8.42 Å². The fourth-order valence-corrected chi connectivity index (χ4v) is 3.28. The number of hydrogen-bond donors (Lipinski definition) is 2. The van der Waals surface area contributed by atoms with Crippen molar-refractivity contribution in [3.8, 4) is 0 Å². The van der Waals surface area contributed by atoms with Crippen LogP contribution in [0.3, 0.4) is 0 Å². The molecule has 0 aliphatic carbocycles. The Hall–Kier alpha value is -1.85. The smallest absolute Gasteiger partial charge is 0.240 e. The molecule has 3 N–H and O–H groups in total. The largest absolute Gasteiger partial charge is 0.398 e. The van der Waals surface area contributed by atoms with E-state index in [2.05, 4.69) is 4.72 Å². The van der Waals surface area contributed by atoms with Crippen molar-refractivity contribution in [2.45, 2.75) is 18.2 Å². The number of benzene rings is 2. The highest BCUT2D eigenvalue weighted by molar-refractivity contribution is 7.89. The van der Waals surface area contributed by atoms with Crippen molar-refractivity contribution in [3.05, 3.63) is 59.7 Å². The minimum absolute atomic E-state index is 0.241. The predicted molar refractivity (Wildman–Crippen MR) is 80.9 cm³/mol. The van der Waals surface area contributed by atoms with Crippen LogP contribution >= 0.6 is 0 Å². The lowest BCUT2D eigenvalue weighted by Crippen LogP contribution is -2.26. The Balaban J connectivity index is 2.06. The number of rotatable bonds is 5. The third-order valence-electron chi connectivity index (χ3n) is 3.16. The predicted octanol–water partition coefficient (Wildman–Crippen LogP) is 2.10. The first kappa shape index (κ1) is 14.6. The molecule has 0 amide bonds. The number of nitrogens with two attached hydrogens (primary N) is 1. The van der Waals surface area contributed by atoms with Gasteiger partial charge >= 0.3 is 0 Å². The lowest BCUT2D eigenvalue weighted by atomic mass is 10.2. The van der Waals surface area contributed by atoms with E-state index in [1.807, 2.05) is 30.3 Å². The van der Waals surface area contributed by atoms with E-state index in [-0.39, 0.29) is 4.90 Å². The van der Waals surface area contributed by atoms with Gasteiger partial charge in [0.1, 0.15) is 0 Å². The van der Waals surface area contributed by atoms with Crippen LogP contribution in [0.4, 0.5) is 5.69 Å². The van der Waals surface area contributed by atoms with Gasteiger partial charge in [0.25, 0.3) is 0 Å².